The molecule has 1 aromatic carbocycles. The Balaban J connectivity index is 1.44. The zero-order valence-electron chi connectivity index (χ0n) is 14.0. The standard InChI is InChI=1S/C19H24N2O3/c1-23-18-5-2-4-16(14-18)20-15-9-11-21(12-10-15)19(22)8-7-17-6-3-13-24-17/h2-6,13-15,20H,7-12H2,1H3. The van der Waals surface area contributed by atoms with Crippen LogP contribution in [0.15, 0.2) is 47.1 Å². The molecule has 0 saturated carbocycles. The van der Waals surface area contributed by atoms with E-state index < -0.39 is 0 Å². The topological polar surface area (TPSA) is 54.7 Å². The van der Waals surface area contributed by atoms with Crippen molar-refractivity contribution in [3.05, 3.63) is 48.4 Å². The molecule has 24 heavy (non-hydrogen) atoms. The highest BCUT2D eigenvalue weighted by Gasteiger charge is 2.22. The number of piperidine rings is 1. The number of nitrogens with one attached hydrogen (secondary N) is 1. The summed E-state index contributed by atoms with van der Waals surface area (Å²) >= 11 is 0. The minimum atomic E-state index is 0.214. The molecule has 1 fully saturated rings. The second-order valence-corrected chi connectivity index (χ2v) is 6.11. The Bertz CT molecular complexity index is 646. The third kappa shape index (κ3) is 4.31. The number of anilines is 1. The molecule has 128 valence electrons. The molecule has 2 aromatic rings. The monoisotopic (exact) mass is 328 g/mol. The summed E-state index contributed by atoms with van der Waals surface area (Å²) in [6, 6.07) is 12.1. The predicted molar refractivity (Wildman–Crippen MR) is 93.2 cm³/mol. The van der Waals surface area contributed by atoms with Crippen LogP contribution in [0.4, 0.5) is 5.69 Å². The Kier molecular flexibility index (Phi) is 5.41. The SMILES string of the molecule is COc1cccc(NC2CCN(C(=O)CCc3ccco3)CC2)c1. The van der Waals surface area contributed by atoms with Crippen LogP contribution < -0.4 is 10.1 Å². The maximum atomic E-state index is 12.3. The van der Waals surface area contributed by atoms with Crippen LogP contribution in [0.25, 0.3) is 0 Å². The van der Waals surface area contributed by atoms with Crippen LogP contribution in [0.1, 0.15) is 25.0 Å². The van der Waals surface area contributed by atoms with Crippen LogP contribution in [-0.2, 0) is 11.2 Å². The highest BCUT2D eigenvalue weighted by molar-refractivity contribution is 5.76. The summed E-state index contributed by atoms with van der Waals surface area (Å²) < 4.78 is 10.5. The molecule has 0 radical (unpaired) electrons. The minimum Gasteiger partial charge on any atom is -0.497 e. The van der Waals surface area contributed by atoms with Crippen LogP contribution in [0.3, 0.4) is 0 Å². The average Bonchev–Trinajstić information content (AvgIpc) is 3.14. The van der Waals surface area contributed by atoms with Crippen LogP contribution in [0, 0.1) is 0 Å². The summed E-state index contributed by atoms with van der Waals surface area (Å²) in [6.45, 7) is 1.61. The number of furan rings is 1. The number of likely N-dealkylation sites (tertiary alicyclic amines) is 1. The summed E-state index contributed by atoms with van der Waals surface area (Å²) in [4.78, 5) is 14.3. The van der Waals surface area contributed by atoms with Gasteiger partial charge in [0.25, 0.3) is 0 Å². The fourth-order valence-electron chi connectivity index (χ4n) is 3.06. The van der Waals surface area contributed by atoms with Crippen molar-refractivity contribution in [2.75, 3.05) is 25.5 Å². The van der Waals surface area contributed by atoms with Crippen molar-refractivity contribution in [3.8, 4) is 5.75 Å². The van der Waals surface area contributed by atoms with Gasteiger partial charge in [-0.25, -0.2) is 0 Å². The molecule has 1 amide bonds. The number of carbonyl (C=O) groups excluding carboxylic acids is 1. The third-order valence-electron chi connectivity index (χ3n) is 4.45. The lowest BCUT2D eigenvalue weighted by molar-refractivity contribution is -0.132. The number of hydrogen-bond acceptors (Lipinski definition) is 4. The Morgan fingerprint density at radius 3 is 2.83 bits per heavy atom. The predicted octanol–water partition coefficient (Wildman–Crippen LogP) is 3.32. The Labute approximate surface area is 142 Å². The van der Waals surface area contributed by atoms with Gasteiger partial charge in [-0.2, -0.15) is 0 Å². The zero-order valence-corrected chi connectivity index (χ0v) is 14.0. The number of benzene rings is 1. The Morgan fingerprint density at radius 1 is 1.29 bits per heavy atom. The van der Waals surface area contributed by atoms with Crippen molar-refractivity contribution in [3.63, 3.8) is 0 Å². The molecule has 0 aliphatic carbocycles. The van der Waals surface area contributed by atoms with Crippen LogP contribution in [-0.4, -0.2) is 37.0 Å². The molecule has 1 N–H and O–H groups in total. The van der Waals surface area contributed by atoms with Gasteiger partial charge < -0.3 is 19.4 Å². The quantitative estimate of drug-likeness (QED) is 0.884. The number of ether oxygens (including phenoxy) is 1. The number of methoxy groups -OCH3 is 1. The summed E-state index contributed by atoms with van der Waals surface area (Å²) in [7, 11) is 1.67. The average molecular weight is 328 g/mol. The number of hydrogen-bond donors (Lipinski definition) is 1. The zero-order chi connectivity index (χ0) is 16.8. The number of carbonyl (C=O) groups is 1. The van der Waals surface area contributed by atoms with Crippen molar-refractivity contribution in [2.45, 2.75) is 31.7 Å². The van der Waals surface area contributed by atoms with Crippen molar-refractivity contribution >= 4 is 11.6 Å². The molecule has 0 unspecified atom stereocenters. The summed E-state index contributed by atoms with van der Waals surface area (Å²) in [6.07, 6.45) is 4.76. The minimum absolute atomic E-state index is 0.214. The summed E-state index contributed by atoms with van der Waals surface area (Å²) in [5.41, 5.74) is 1.07. The van der Waals surface area contributed by atoms with E-state index in [1.165, 1.54) is 0 Å². The van der Waals surface area contributed by atoms with Gasteiger partial charge in [0.15, 0.2) is 0 Å². The number of nitrogens with zero attached hydrogens (tertiary/aromatic N) is 1. The van der Waals surface area contributed by atoms with E-state index in [0.29, 0.717) is 18.9 Å². The molecule has 1 saturated heterocycles. The summed E-state index contributed by atoms with van der Waals surface area (Å²) in [5, 5.41) is 3.54. The molecule has 0 spiro atoms. The lowest BCUT2D eigenvalue weighted by atomic mass is 10.0. The second-order valence-electron chi connectivity index (χ2n) is 6.11. The lowest BCUT2D eigenvalue weighted by Crippen LogP contribution is -2.42. The van der Waals surface area contributed by atoms with Gasteiger partial charge in [-0.3, -0.25) is 4.79 Å². The van der Waals surface area contributed by atoms with Crippen molar-refractivity contribution < 1.29 is 13.9 Å². The van der Waals surface area contributed by atoms with Gasteiger partial charge in [0.05, 0.1) is 13.4 Å². The Hall–Kier alpha value is -2.43. The van der Waals surface area contributed by atoms with Crippen molar-refractivity contribution in [2.24, 2.45) is 0 Å². The molecule has 0 atom stereocenters. The van der Waals surface area contributed by atoms with Gasteiger partial charge in [-0.15, -0.1) is 0 Å². The van der Waals surface area contributed by atoms with Gasteiger partial charge >= 0.3 is 0 Å². The van der Waals surface area contributed by atoms with Crippen LogP contribution in [0.5, 0.6) is 5.75 Å². The first-order valence-electron chi connectivity index (χ1n) is 8.45. The molecule has 3 rings (SSSR count). The highest BCUT2D eigenvalue weighted by atomic mass is 16.5. The van der Waals surface area contributed by atoms with Gasteiger partial charge in [-0.05, 0) is 37.1 Å². The first kappa shape index (κ1) is 16.4. The molecule has 5 nitrogen and oxygen atoms in total. The van der Waals surface area contributed by atoms with E-state index in [9.17, 15) is 4.79 Å². The number of amides is 1. The molecule has 1 aliphatic heterocycles. The van der Waals surface area contributed by atoms with E-state index >= 15 is 0 Å². The largest absolute Gasteiger partial charge is 0.497 e. The van der Waals surface area contributed by atoms with Gasteiger partial charge in [0.2, 0.25) is 5.91 Å². The van der Waals surface area contributed by atoms with Crippen LogP contribution >= 0.6 is 0 Å². The lowest BCUT2D eigenvalue weighted by Gasteiger charge is -2.33. The fraction of sp³-hybridized carbons (Fsp3) is 0.421. The van der Waals surface area contributed by atoms with E-state index in [0.717, 1.165) is 43.1 Å². The second kappa shape index (κ2) is 7.90. The molecular weight excluding hydrogens is 304 g/mol. The summed E-state index contributed by atoms with van der Waals surface area (Å²) in [5.74, 6) is 1.94. The fourth-order valence-corrected chi connectivity index (χ4v) is 3.06. The molecule has 1 aliphatic rings. The number of rotatable bonds is 6. The maximum Gasteiger partial charge on any atom is 0.223 e. The van der Waals surface area contributed by atoms with E-state index in [1.807, 2.05) is 41.3 Å². The maximum absolute atomic E-state index is 12.3. The molecule has 2 heterocycles. The van der Waals surface area contributed by atoms with E-state index in [1.54, 1.807) is 13.4 Å². The van der Waals surface area contributed by atoms with Gasteiger partial charge in [0.1, 0.15) is 11.5 Å². The highest BCUT2D eigenvalue weighted by Crippen LogP contribution is 2.21. The van der Waals surface area contributed by atoms with Crippen molar-refractivity contribution in [1.29, 1.82) is 0 Å². The van der Waals surface area contributed by atoms with Gasteiger partial charge in [-0.1, -0.05) is 6.07 Å². The molecule has 1 aromatic heterocycles. The molecule has 5 heteroatoms. The third-order valence-corrected chi connectivity index (χ3v) is 4.45. The van der Waals surface area contributed by atoms with Gasteiger partial charge in [0, 0.05) is 43.7 Å². The Morgan fingerprint density at radius 2 is 2.12 bits per heavy atom. The number of aryl methyl sites for hydroxylation is 1. The van der Waals surface area contributed by atoms with E-state index in [2.05, 4.69) is 5.32 Å². The molecule has 0 bridgehead atoms. The van der Waals surface area contributed by atoms with E-state index in [4.69, 9.17) is 9.15 Å². The van der Waals surface area contributed by atoms with Crippen LogP contribution in [0.2, 0.25) is 0 Å². The van der Waals surface area contributed by atoms with Crippen molar-refractivity contribution in [1.82, 2.24) is 4.90 Å². The smallest absolute Gasteiger partial charge is 0.223 e. The van der Waals surface area contributed by atoms with E-state index in [-0.39, 0.29) is 5.91 Å². The first-order chi connectivity index (χ1) is 11.7. The molecular formula is C19H24N2O3. The normalized spacial score (nSPS) is 15.3. The first-order valence-corrected chi connectivity index (χ1v) is 8.45.